The predicted octanol–water partition coefficient (Wildman–Crippen LogP) is 5.06. The zero-order valence-electron chi connectivity index (χ0n) is 19.9. The van der Waals surface area contributed by atoms with Crippen molar-refractivity contribution in [3.05, 3.63) is 24.3 Å². The fourth-order valence-corrected chi connectivity index (χ4v) is 3.56. The highest BCUT2D eigenvalue weighted by Crippen LogP contribution is 2.42. The van der Waals surface area contributed by atoms with Gasteiger partial charge in [0, 0.05) is 20.1 Å². The first-order valence-electron chi connectivity index (χ1n) is 11.8. The monoisotopic (exact) mass is 477 g/mol. The summed E-state index contributed by atoms with van der Waals surface area (Å²) in [4.78, 5) is 20.7. The van der Waals surface area contributed by atoms with E-state index in [1.807, 2.05) is 0 Å². The van der Waals surface area contributed by atoms with Gasteiger partial charge in [0.25, 0.3) is 0 Å². The molecule has 0 saturated heterocycles. The van der Waals surface area contributed by atoms with Crippen molar-refractivity contribution in [2.45, 2.75) is 84.2 Å². The van der Waals surface area contributed by atoms with Crippen molar-refractivity contribution in [2.75, 3.05) is 33.0 Å². The lowest BCUT2D eigenvalue weighted by Crippen LogP contribution is -2.27. The molecule has 0 aromatic heterocycles. The summed E-state index contributed by atoms with van der Waals surface area (Å²) in [5.74, 6) is -0.513. The highest BCUT2D eigenvalue weighted by molar-refractivity contribution is 7.47. The summed E-state index contributed by atoms with van der Waals surface area (Å²) in [7, 11) is -4.22. The molecule has 32 heavy (non-hydrogen) atoms. The van der Waals surface area contributed by atoms with Crippen molar-refractivity contribution in [1.29, 1.82) is 0 Å². The van der Waals surface area contributed by atoms with Crippen LogP contribution in [0.15, 0.2) is 24.3 Å². The molecule has 0 heterocycles. The molecule has 188 valence electrons. The maximum absolute atomic E-state index is 11.7. The molecule has 0 aliphatic carbocycles. The van der Waals surface area contributed by atoms with Gasteiger partial charge in [-0.05, 0) is 32.1 Å². The summed E-state index contributed by atoms with van der Waals surface area (Å²) in [5, 5.41) is 0. The first-order valence-corrected chi connectivity index (χ1v) is 13.3. The van der Waals surface area contributed by atoms with Gasteiger partial charge in [-0.1, -0.05) is 63.3 Å². The number of carbonyl (C=O) groups is 1. The van der Waals surface area contributed by atoms with E-state index in [-0.39, 0.29) is 26.4 Å². The lowest BCUT2D eigenvalue weighted by atomic mass is 10.1. The minimum atomic E-state index is -4.22. The molecule has 9 heteroatoms. The highest BCUT2D eigenvalue weighted by Gasteiger charge is 2.24. The van der Waals surface area contributed by atoms with E-state index >= 15 is 0 Å². The van der Waals surface area contributed by atoms with Crippen molar-refractivity contribution in [2.24, 2.45) is 5.73 Å². The number of hydrogen-bond acceptors (Lipinski definition) is 7. The molecule has 0 rings (SSSR count). The Labute approximate surface area is 194 Å². The van der Waals surface area contributed by atoms with Gasteiger partial charge in [-0.15, -0.1) is 0 Å². The summed E-state index contributed by atoms with van der Waals surface area (Å²) in [6, 6.07) is 0. The second kappa shape index (κ2) is 21.8. The fraction of sp³-hybridized carbons (Fsp3) is 0.783. The van der Waals surface area contributed by atoms with Gasteiger partial charge in [-0.2, -0.15) is 0 Å². The van der Waals surface area contributed by atoms with Gasteiger partial charge in [0.2, 0.25) is 0 Å². The van der Waals surface area contributed by atoms with Crippen LogP contribution in [0.3, 0.4) is 0 Å². The quantitative estimate of drug-likeness (QED) is 0.0961. The summed E-state index contributed by atoms with van der Waals surface area (Å²) in [6.07, 6.45) is 19.6. The van der Waals surface area contributed by atoms with Crippen molar-refractivity contribution < 1.29 is 32.8 Å². The van der Waals surface area contributed by atoms with Gasteiger partial charge < -0.3 is 20.1 Å². The molecule has 0 bridgehead atoms. The van der Waals surface area contributed by atoms with E-state index in [0.29, 0.717) is 6.61 Å². The molecule has 0 aromatic rings. The maximum Gasteiger partial charge on any atom is 0.472 e. The molecule has 8 nitrogen and oxygen atoms in total. The Balaban J connectivity index is 3.73. The molecule has 0 saturated carbocycles. The zero-order valence-corrected chi connectivity index (χ0v) is 20.8. The Morgan fingerprint density at radius 3 is 2.25 bits per heavy atom. The largest absolute Gasteiger partial charge is 0.472 e. The number of hydrogen-bond donors (Lipinski definition) is 2. The van der Waals surface area contributed by atoms with Crippen LogP contribution in [-0.4, -0.2) is 49.9 Å². The molecular formula is C23H44NO7P. The number of phosphoric ester groups is 1. The molecule has 3 N–H and O–H groups in total. The fourth-order valence-electron chi connectivity index (χ4n) is 2.80. The Morgan fingerprint density at radius 1 is 0.938 bits per heavy atom. The van der Waals surface area contributed by atoms with E-state index in [1.54, 1.807) is 0 Å². The number of esters is 1. The zero-order chi connectivity index (χ0) is 23.9. The molecule has 0 aliphatic heterocycles. The van der Waals surface area contributed by atoms with Gasteiger partial charge in [0.1, 0.15) is 6.10 Å². The second-order valence-electron chi connectivity index (χ2n) is 7.57. The number of carbonyl (C=O) groups excluding carboxylic acids is 1. The number of unbranched alkanes of at least 4 members (excludes halogenated alkanes) is 7. The van der Waals surface area contributed by atoms with Crippen LogP contribution in [0.2, 0.25) is 0 Å². The molecule has 0 spiro atoms. The number of phosphoric acid groups is 1. The van der Waals surface area contributed by atoms with Crippen molar-refractivity contribution in [3.63, 3.8) is 0 Å². The van der Waals surface area contributed by atoms with Gasteiger partial charge in [-0.25, -0.2) is 4.57 Å². The van der Waals surface area contributed by atoms with Crippen LogP contribution < -0.4 is 5.73 Å². The first-order chi connectivity index (χ1) is 15.4. The Kier molecular flexibility index (Phi) is 21.1. The maximum atomic E-state index is 11.7. The average molecular weight is 478 g/mol. The van der Waals surface area contributed by atoms with E-state index in [1.165, 1.54) is 32.6 Å². The average Bonchev–Trinajstić information content (AvgIpc) is 2.75. The minimum Gasteiger partial charge on any atom is -0.458 e. The van der Waals surface area contributed by atoms with Crippen LogP contribution in [0.5, 0.6) is 0 Å². The summed E-state index contributed by atoms with van der Waals surface area (Å²) in [6.45, 7) is 3.78. The number of ether oxygens (including phenoxy) is 2. The topological polar surface area (TPSA) is 117 Å². The van der Waals surface area contributed by atoms with Gasteiger partial charge in [0.05, 0.1) is 19.8 Å². The van der Waals surface area contributed by atoms with Crippen LogP contribution in [0, 0.1) is 0 Å². The summed E-state index contributed by atoms with van der Waals surface area (Å²) < 4.78 is 31.8. The van der Waals surface area contributed by atoms with Gasteiger partial charge >= 0.3 is 13.8 Å². The van der Waals surface area contributed by atoms with Crippen LogP contribution in [0.4, 0.5) is 0 Å². The van der Waals surface area contributed by atoms with Crippen molar-refractivity contribution >= 4 is 13.8 Å². The molecular weight excluding hydrogens is 433 g/mol. The Morgan fingerprint density at radius 2 is 1.59 bits per heavy atom. The lowest BCUT2D eigenvalue weighted by molar-refractivity contribution is -0.151. The third-order valence-corrected chi connectivity index (χ3v) is 5.39. The molecule has 0 radical (unpaired) electrons. The molecule has 0 fully saturated rings. The lowest BCUT2D eigenvalue weighted by Gasteiger charge is -2.19. The smallest absolute Gasteiger partial charge is 0.458 e. The summed E-state index contributed by atoms with van der Waals surface area (Å²) >= 11 is 0. The van der Waals surface area contributed by atoms with Gasteiger partial charge in [-0.3, -0.25) is 13.8 Å². The minimum absolute atomic E-state index is 0.0937. The van der Waals surface area contributed by atoms with E-state index in [2.05, 4.69) is 35.8 Å². The second-order valence-corrected chi connectivity index (χ2v) is 9.02. The highest BCUT2D eigenvalue weighted by atomic mass is 31.2. The summed E-state index contributed by atoms with van der Waals surface area (Å²) in [5.41, 5.74) is 5.22. The van der Waals surface area contributed by atoms with E-state index in [9.17, 15) is 14.3 Å². The van der Waals surface area contributed by atoms with Crippen LogP contribution in [0.25, 0.3) is 0 Å². The first kappa shape index (κ1) is 31.0. The van der Waals surface area contributed by atoms with Crippen LogP contribution in [0.1, 0.15) is 78.1 Å². The molecule has 0 aliphatic rings. The normalized spacial score (nSPS) is 14.8. The predicted molar refractivity (Wildman–Crippen MR) is 127 cm³/mol. The van der Waals surface area contributed by atoms with Gasteiger partial charge in [0.15, 0.2) is 0 Å². The molecule has 2 unspecified atom stereocenters. The molecule has 0 amide bonds. The van der Waals surface area contributed by atoms with Crippen LogP contribution >= 0.6 is 7.82 Å². The van der Waals surface area contributed by atoms with Crippen molar-refractivity contribution in [1.82, 2.24) is 0 Å². The number of allylic oxidation sites excluding steroid dienone is 4. The number of nitrogens with two attached hydrogens (primary N) is 1. The van der Waals surface area contributed by atoms with E-state index in [4.69, 9.17) is 19.7 Å². The Bertz CT molecular complexity index is 554. The molecule has 0 aromatic carbocycles. The third-order valence-electron chi connectivity index (χ3n) is 4.40. The number of rotatable bonds is 22. The third kappa shape index (κ3) is 22.2. The SMILES string of the molecule is CCC/C=C\C/C=C\CCCCCCCCOCC(COP(=O)(O)OCCN)OC(C)=O. The van der Waals surface area contributed by atoms with Crippen molar-refractivity contribution in [3.8, 4) is 0 Å². The standard InChI is InChI=1S/C23H44NO7P/c1-3-4-5-6-7-8-9-10-11-12-13-14-15-16-18-28-20-23(31-22(2)25)21-30-32(26,27)29-19-17-24/h5-6,8-9,23H,3-4,7,10-21,24H2,1-2H3,(H,26,27)/b6-5-,9-8-. The van der Waals surface area contributed by atoms with Crippen LogP contribution in [-0.2, 0) is 27.9 Å². The molecule has 2 atom stereocenters. The van der Waals surface area contributed by atoms with E-state index < -0.39 is 19.9 Å². The Hall–Kier alpha value is -1.02. The van der Waals surface area contributed by atoms with E-state index in [0.717, 1.165) is 38.5 Å².